The van der Waals surface area contributed by atoms with Crippen LogP contribution in [0, 0.1) is 0 Å². The van der Waals surface area contributed by atoms with Gasteiger partial charge in [0.25, 0.3) is 0 Å². The monoisotopic (exact) mass is 216 g/mol. The molecule has 1 atom stereocenters. The van der Waals surface area contributed by atoms with E-state index in [9.17, 15) is 9.59 Å². The van der Waals surface area contributed by atoms with Crippen LogP contribution < -0.4 is 11.1 Å². The number of carbonyl (C=O) groups is 2. The number of rotatable bonds is 6. The Morgan fingerprint density at radius 2 is 2.00 bits per heavy atom. The van der Waals surface area contributed by atoms with Crippen LogP contribution in [0.15, 0.2) is 0 Å². The number of amides is 1. The highest BCUT2D eigenvalue weighted by atomic mass is 16.4. The van der Waals surface area contributed by atoms with E-state index in [4.69, 9.17) is 10.8 Å². The maximum absolute atomic E-state index is 11.3. The van der Waals surface area contributed by atoms with Crippen molar-refractivity contribution in [1.82, 2.24) is 5.32 Å². The Balaban J connectivity index is 3.79. The second-order valence-corrected chi connectivity index (χ2v) is 4.56. The third-order valence-corrected chi connectivity index (χ3v) is 1.88. The van der Waals surface area contributed by atoms with Crippen LogP contribution in [0.5, 0.6) is 0 Å². The highest BCUT2D eigenvalue weighted by Gasteiger charge is 2.15. The quantitative estimate of drug-likeness (QED) is 0.602. The average Bonchev–Trinajstić information content (AvgIpc) is 1.97. The van der Waals surface area contributed by atoms with Gasteiger partial charge < -0.3 is 16.2 Å². The maximum atomic E-state index is 11.3. The summed E-state index contributed by atoms with van der Waals surface area (Å²) in [4.78, 5) is 21.7. The zero-order chi connectivity index (χ0) is 12.1. The number of carboxylic acids is 1. The van der Waals surface area contributed by atoms with Gasteiger partial charge in [-0.15, -0.1) is 0 Å². The van der Waals surface area contributed by atoms with Gasteiger partial charge in [0.2, 0.25) is 5.91 Å². The van der Waals surface area contributed by atoms with Gasteiger partial charge >= 0.3 is 5.97 Å². The molecular weight excluding hydrogens is 196 g/mol. The third kappa shape index (κ3) is 9.21. The van der Waals surface area contributed by atoms with Gasteiger partial charge in [-0.3, -0.25) is 9.59 Å². The molecule has 15 heavy (non-hydrogen) atoms. The summed E-state index contributed by atoms with van der Waals surface area (Å²) in [6.07, 6.45) is 0.851. The van der Waals surface area contributed by atoms with Crippen LogP contribution in [0.1, 0.15) is 40.0 Å². The fourth-order valence-electron chi connectivity index (χ4n) is 1.10. The fourth-order valence-corrected chi connectivity index (χ4v) is 1.10. The number of carboxylic acid groups (broad SMARTS) is 1. The van der Waals surface area contributed by atoms with Crippen molar-refractivity contribution in [3.8, 4) is 0 Å². The number of nitrogens with one attached hydrogen (secondary N) is 1. The molecule has 0 radical (unpaired) electrons. The molecular formula is C10H20N2O3. The molecule has 1 unspecified atom stereocenters. The van der Waals surface area contributed by atoms with E-state index >= 15 is 0 Å². The molecule has 1 amide bonds. The summed E-state index contributed by atoms with van der Waals surface area (Å²) < 4.78 is 0. The van der Waals surface area contributed by atoms with Crippen molar-refractivity contribution in [1.29, 1.82) is 0 Å². The van der Waals surface area contributed by atoms with Crippen LogP contribution in [-0.4, -0.2) is 28.6 Å². The second-order valence-electron chi connectivity index (χ2n) is 4.56. The van der Waals surface area contributed by atoms with Gasteiger partial charge in [-0.1, -0.05) is 0 Å². The highest BCUT2D eigenvalue weighted by molar-refractivity contribution is 5.77. The normalized spacial score (nSPS) is 13.3. The first kappa shape index (κ1) is 13.9. The molecule has 0 aromatic carbocycles. The van der Waals surface area contributed by atoms with Gasteiger partial charge in [0, 0.05) is 18.0 Å². The molecule has 0 aromatic heterocycles. The first-order chi connectivity index (χ1) is 6.70. The van der Waals surface area contributed by atoms with E-state index in [-0.39, 0.29) is 23.9 Å². The molecule has 0 saturated carbocycles. The summed E-state index contributed by atoms with van der Waals surface area (Å²) in [5, 5.41) is 11.1. The van der Waals surface area contributed by atoms with Crippen LogP contribution >= 0.6 is 0 Å². The number of hydrogen-bond donors (Lipinski definition) is 3. The summed E-state index contributed by atoms with van der Waals surface area (Å²) in [6.45, 7) is 5.36. The Labute approximate surface area is 90.0 Å². The van der Waals surface area contributed by atoms with E-state index in [1.54, 1.807) is 6.92 Å². The van der Waals surface area contributed by atoms with E-state index in [0.29, 0.717) is 12.8 Å². The van der Waals surface area contributed by atoms with E-state index in [1.807, 2.05) is 13.8 Å². The third-order valence-electron chi connectivity index (χ3n) is 1.88. The summed E-state index contributed by atoms with van der Waals surface area (Å²) in [5.74, 6) is -1.07. The lowest BCUT2D eigenvalue weighted by atomic mass is 10.00. The fraction of sp³-hybridized carbons (Fsp3) is 0.800. The van der Waals surface area contributed by atoms with Gasteiger partial charge in [0.15, 0.2) is 0 Å². The largest absolute Gasteiger partial charge is 0.481 e. The van der Waals surface area contributed by atoms with Crippen molar-refractivity contribution in [2.24, 2.45) is 5.73 Å². The lowest BCUT2D eigenvalue weighted by molar-refractivity contribution is -0.137. The molecule has 0 fully saturated rings. The summed E-state index contributed by atoms with van der Waals surface area (Å²) in [5.41, 5.74) is 5.35. The summed E-state index contributed by atoms with van der Waals surface area (Å²) in [7, 11) is 0. The van der Waals surface area contributed by atoms with Crippen molar-refractivity contribution >= 4 is 11.9 Å². The van der Waals surface area contributed by atoms with Crippen LogP contribution in [-0.2, 0) is 9.59 Å². The van der Waals surface area contributed by atoms with Crippen LogP contribution in [0.25, 0.3) is 0 Å². The van der Waals surface area contributed by atoms with E-state index in [2.05, 4.69) is 5.32 Å². The standard InChI is InChI=1S/C10H20N2O3/c1-7(6-9(14)15)12-8(13)4-5-10(2,3)11/h7H,4-6,11H2,1-3H3,(H,12,13)(H,14,15). The zero-order valence-electron chi connectivity index (χ0n) is 9.54. The molecule has 0 bridgehead atoms. The second kappa shape index (κ2) is 5.70. The van der Waals surface area contributed by atoms with Gasteiger partial charge in [-0.05, 0) is 27.2 Å². The highest BCUT2D eigenvalue weighted by Crippen LogP contribution is 2.06. The summed E-state index contributed by atoms with van der Waals surface area (Å²) >= 11 is 0. The molecule has 0 rings (SSSR count). The van der Waals surface area contributed by atoms with Crippen LogP contribution in [0.4, 0.5) is 0 Å². The van der Waals surface area contributed by atoms with Gasteiger partial charge in [-0.25, -0.2) is 0 Å². The Morgan fingerprint density at radius 3 is 2.40 bits per heavy atom. The molecule has 4 N–H and O–H groups in total. The number of aliphatic carboxylic acids is 1. The molecule has 0 aromatic rings. The molecule has 88 valence electrons. The van der Waals surface area contributed by atoms with E-state index < -0.39 is 5.97 Å². The van der Waals surface area contributed by atoms with E-state index in [1.165, 1.54) is 0 Å². The number of nitrogens with two attached hydrogens (primary N) is 1. The van der Waals surface area contributed by atoms with Gasteiger partial charge in [0.05, 0.1) is 6.42 Å². The van der Waals surface area contributed by atoms with Crippen molar-refractivity contribution < 1.29 is 14.7 Å². The first-order valence-corrected chi connectivity index (χ1v) is 5.01. The molecule has 0 aliphatic carbocycles. The molecule has 5 nitrogen and oxygen atoms in total. The van der Waals surface area contributed by atoms with Crippen molar-refractivity contribution in [3.05, 3.63) is 0 Å². The smallest absolute Gasteiger partial charge is 0.305 e. The first-order valence-electron chi connectivity index (χ1n) is 5.01. The maximum Gasteiger partial charge on any atom is 0.305 e. The Hall–Kier alpha value is -1.10. The Bertz CT molecular complexity index is 233. The molecule has 0 heterocycles. The Morgan fingerprint density at radius 1 is 1.47 bits per heavy atom. The minimum Gasteiger partial charge on any atom is -0.481 e. The minimum absolute atomic E-state index is 0.0578. The molecule has 5 heteroatoms. The predicted octanol–water partition coefficient (Wildman–Crippen LogP) is 0.483. The lowest BCUT2D eigenvalue weighted by Crippen LogP contribution is -2.37. The topological polar surface area (TPSA) is 92.4 Å². The number of hydrogen-bond acceptors (Lipinski definition) is 3. The van der Waals surface area contributed by atoms with Crippen LogP contribution in [0.3, 0.4) is 0 Å². The predicted molar refractivity (Wildman–Crippen MR) is 57.4 cm³/mol. The average molecular weight is 216 g/mol. The van der Waals surface area contributed by atoms with Crippen LogP contribution in [0.2, 0.25) is 0 Å². The SMILES string of the molecule is CC(CC(=O)O)NC(=O)CCC(C)(C)N. The van der Waals surface area contributed by atoms with Gasteiger partial charge in [-0.2, -0.15) is 0 Å². The number of carbonyl (C=O) groups excluding carboxylic acids is 1. The molecule has 0 aliphatic rings. The lowest BCUT2D eigenvalue weighted by Gasteiger charge is -2.18. The zero-order valence-corrected chi connectivity index (χ0v) is 9.54. The summed E-state index contributed by atoms with van der Waals surface area (Å²) in [6, 6.07) is -0.337. The Kier molecular flexibility index (Phi) is 5.28. The molecule has 0 aliphatic heterocycles. The molecule has 0 saturated heterocycles. The van der Waals surface area contributed by atoms with Gasteiger partial charge in [0.1, 0.15) is 0 Å². The van der Waals surface area contributed by atoms with Crippen molar-refractivity contribution in [3.63, 3.8) is 0 Å². The minimum atomic E-state index is -0.915. The van der Waals surface area contributed by atoms with Crippen molar-refractivity contribution in [2.75, 3.05) is 0 Å². The molecule has 0 spiro atoms. The van der Waals surface area contributed by atoms with E-state index in [0.717, 1.165) is 0 Å². The van der Waals surface area contributed by atoms with Crippen molar-refractivity contribution in [2.45, 2.75) is 51.6 Å².